The summed E-state index contributed by atoms with van der Waals surface area (Å²) in [6, 6.07) is 8.99. The van der Waals surface area contributed by atoms with Crippen molar-refractivity contribution in [1.82, 2.24) is 10.2 Å². The number of imide groups is 1. The maximum Gasteiger partial charge on any atom is 0.329 e. The van der Waals surface area contributed by atoms with Crippen molar-refractivity contribution in [3.63, 3.8) is 0 Å². The van der Waals surface area contributed by atoms with Gasteiger partial charge in [0.15, 0.2) is 0 Å². The summed E-state index contributed by atoms with van der Waals surface area (Å²) in [5.74, 6) is 0.484. The molecule has 0 spiro atoms. The normalized spacial score (nSPS) is 19.3. The Hall–Kier alpha value is -3.42. The van der Waals surface area contributed by atoms with Crippen LogP contribution in [0.2, 0.25) is 0 Å². The zero-order chi connectivity index (χ0) is 19.7. The number of amides is 3. The molecule has 0 bridgehead atoms. The number of urea groups is 1. The van der Waals surface area contributed by atoms with Gasteiger partial charge in [0.1, 0.15) is 17.2 Å². The average Bonchev–Trinajstić information content (AvgIpc) is 3.27. The number of nitro benzene ring substituents is 1. The molecule has 1 saturated heterocycles. The standard InChI is InChI=1S/C20H19N3O5/c24-19-17(21-20(25)22(19)14-6-2-1-3-7-14)12-16-9-10-18(28-16)13-5-4-8-15(11-13)23(26)27/h4-5,8-12,14H,1-3,6-7H2,(H,21,25)/b17-12+. The minimum Gasteiger partial charge on any atom is -0.457 e. The zero-order valence-corrected chi connectivity index (χ0v) is 15.1. The van der Waals surface area contributed by atoms with Gasteiger partial charge >= 0.3 is 6.03 Å². The van der Waals surface area contributed by atoms with E-state index in [9.17, 15) is 19.7 Å². The van der Waals surface area contributed by atoms with E-state index in [1.165, 1.54) is 23.1 Å². The number of non-ortho nitro benzene ring substituents is 1. The van der Waals surface area contributed by atoms with Gasteiger partial charge in [-0.2, -0.15) is 0 Å². The predicted molar refractivity (Wildman–Crippen MR) is 101 cm³/mol. The molecular weight excluding hydrogens is 362 g/mol. The SMILES string of the molecule is O=C1N/C(=C/c2ccc(-c3cccc([N+](=O)[O-])c3)o2)C(=O)N1C1CCCCC1. The second-order valence-electron chi connectivity index (χ2n) is 6.96. The molecular formula is C20H19N3O5. The first kappa shape index (κ1) is 18.0. The lowest BCUT2D eigenvalue weighted by molar-refractivity contribution is -0.384. The molecule has 8 nitrogen and oxygen atoms in total. The van der Waals surface area contributed by atoms with Crippen molar-refractivity contribution >= 4 is 23.7 Å². The first-order chi connectivity index (χ1) is 13.5. The highest BCUT2D eigenvalue weighted by Crippen LogP contribution is 2.29. The van der Waals surface area contributed by atoms with E-state index in [0.717, 1.165) is 32.1 Å². The molecule has 0 unspecified atom stereocenters. The number of carbonyl (C=O) groups is 2. The molecule has 0 radical (unpaired) electrons. The number of hydrogen-bond donors (Lipinski definition) is 1. The molecule has 2 aromatic rings. The maximum absolute atomic E-state index is 12.7. The molecule has 1 aliphatic carbocycles. The highest BCUT2D eigenvalue weighted by Gasteiger charge is 2.39. The van der Waals surface area contributed by atoms with E-state index in [-0.39, 0.29) is 23.3 Å². The Balaban J connectivity index is 1.55. The fourth-order valence-corrected chi connectivity index (χ4v) is 3.72. The first-order valence-corrected chi connectivity index (χ1v) is 9.24. The van der Waals surface area contributed by atoms with Gasteiger partial charge in [-0.1, -0.05) is 31.4 Å². The highest BCUT2D eigenvalue weighted by molar-refractivity contribution is 6.14. The third kappa shape index (κ3) is 3.40. The summed E-state index contributed by atoms with van der Waals surface area (Å²) in [6.45, 7) is 0. The van der Waals surface area contributed by atoms with Crippen LogP contribution in [0.5, 0.6) is 0 Å². The van der Waals surface area contributed by atoms with Crippen LogP contribution >= 0.6 is 0 Å². The van der Waals surface area contributed by atoms with Crippen molar-refractivity contribution in [1.29, 1.82) is 0 Å². The number of nitro groups is 1. The Morgan fingerprint density at radius 2 is 1.93 bits per heavy atom. The summed E-state index contributed by atoms with van der Waals surface area (Å²) in [7, 11) is 0. The molecule has 1 aromatic heterocycles. The van der Waals surface area contributed by atoms with Crippen LogP contribution in [-0.2, 0) is 4.79 Å². The van der Waals surface area contributed by atoms with E-state index in [0.29, 0.717) is 17.1 Å². The molecule has 28 heavy (non-hydrogen) atoms. The maximum atomic E-state index is 12.7. The third-order valence-electron chi connectivity index (χ3n) is 5.10. The van der Waals surface area contributed by atoms with Gasteiger partial charge in [0.25, 0.3) is 11.6 Å². The second kappa shape index (κ2) is 7.30. The number of furan rings is 1. The number of carbonyl (C=O) groups excluding carboxylic acids is 2. The van der Waals surface area contributed by atoms with E-state index in [4.69, 9.17) is 4.42 Å². The summed E-state index contributed by atoms with van der Waals surface area (Å²) in [5.41, 5.74) is 0.704. The van der Waals surface area contributed by atoms with E-state index < -0.39 is 11.0 Å². The van der Waals surface area contributed by atoms with Crippen LogP contribution in [0.15, 0.2) is 46.5 Å². The van der Waals surface area contributed by atoms with Crippen LogP contribution in [0.1, 0.15) is 37.9 Å². The van der Waals surface area contributed by atoms with Crippen LogP contribution in [-0.4, -0.2) is 27.8 Å². The van der Waals surface area contributed by atoms with Crippen LogP contribution < -0.4 is 5.32 Å². The van der Waals surface area contributed by atoms with E-state index >= 15 is 0 Å². The van der Waals surface area contributed by atoms with E-state index in [1.807, 2.05) is 0 Å². The second-order valence-corrected chi connectivity index (χ2v) is 6.96. The fourth-order valence-electron chi connectivity index (χ4n) is 3.72. The summed E-state index contributed by atoms with van der Waals surface area (Å²) in [5, 5.41) is 13.6. The first-order valence-electron chi connectivity index (χ1n) is 9.24. The number of nitrogens with zero attached hydrogens (tertiary/aromatic N) is 2. The average molecular weight is 381 g/mol. The van der Waals surface area contributed by atoms with Crippen molar-refractivity contribution in [3.8, 4) is 11.3 Å². The van der Waals surface area contributed by atoms with Gasteiger partial charge in [0.2, 0.25) is 0 Å². The molecule has 4 rings (SSSR count). The minimum atomic E-state index is -0.470. The van der Waals surface area contributed by atoms with Crippen molar-refractivity contribution in [2.24, 2.45) is 0 Å². The number of benzene rings is 1. The molecule has 1 aliphatic heterocycles. The lowest BCUT2D eigenvalue weighted by Gasteiger charge is -2.28. The molecule has 2 aliphatic rings. The largest absolute Gasteiger partial charge is 0.457 e. The third-order valence-corrected chi connectivity index (χ3v) is 5.10. The van der Waals surface area contributed by atoms with E-state index in [1.54, 1.807) is 24.3 Å². The lowest BCUT2D eigenvalue weighted by Crippen LogP contribution is -2.41. The summed E-state index contributed by atoms with van der Waals surface area (Å²) >= 11 is 0. The Bertz CT molecular complexity index is 972. The van der Waals surface area contributed by atoms with E-state index in [2.05, 4.69) is 5.32 Å². The van der Waals surface area contributed by atoms with Crippen molar-refractivity contribution in [2.45, 2.75) is 38.1 Å². The Morgan fingerprint density at radius 3 is 2.68 bits per heavy atom. The molecule has 8 heteroatoms. The van der Waals surface area contributed by atoms with Gasteiger partial charge in [-0.3, -0.25) is 19.8 Å². The van der Waals surface area contributed by atoms with Crippen LogP contribution in [0, 0.1) is 10.1 Å². The number of rotatable bonds is 4. The molecule has 2 fully saturated rings. The number of hydrogen-bond acceptors (Lipinski definition) is 5. The van der Waals surface area contributed by atoms with Crippen LogP contribution in [0.4, 0.5) is 10.5 Å². The summed E-state index contributed by atoms with van der Waals surface area (Å²) < 4.78 is 5.71. The summed E-state index contributed by atoms with van der Waals surface area (Å²) in [4.78, 5) is 36.7. The molecule has 1 saturated carbocycles. The quantitative estimate of drug-likeness (QED) is 0.372. The molecule has 1 N–H and O–H groups in total. The predicted octanol–water partition coefficient (Wildman–Crippen LogP) is 4.08. The number of nitrogens with one attached hydrogen (secondary N) is 1. The molecule has 0 atom stereocenters. The van der Waals surface area contributed by atoms with Crippen LogP contribution in [0.3, 0.4) is 0 Å². The molecule has 144 valence electrons. The van der Waals surface area contributed by atoms with Gasteiger partial charge in [-0.05, 0) is 25.0 Å². The zero-order valence-electron chi connectivity index (χ0n) is 15.1. The van der Waals surface area contributed by atoms with Gasteiger partial charge in [-0.25, -0.2) is 4.79 Å². The fraction of sp³-hybridized carbons (Fsp3) is 0.300. The van der Waals surface area contributed by atoms with Crippen LogP contribution in [0.25, 0.3) is 17.4 Å². The van der Waals surface area contributed by atoms with Gasteiger partial charge in [-0.15, -0.1) is 0 Å². The van der Waals surface area contributed by atoms with Gasteiger partial charge in [0.05, 0.1) is 4.92 Å². The Kier molecular flexibility index (Phi) is 4.68. The Morgan fingerprint density at radius 1 is 1.14 bits per heavy atom. The minimum absolute atomic E-state index is 0.0323. The monoisotopic (exact) mass is 381 g/mol. The molecule has 3 amide bonds. The van der Waals surface area contributed by atoms with Gasteiger partial charge < -0.3 is 9.73 Å². The van der Waals surface area contributed by atoms with Crippen molar-refractivity contribution in [2.75, 3.05) is 0 Å². The lowest BCUT2D eigenvalue weighted by atomic mass is 9.94. The highest BCUT2D eigenvalue weighted by atomic mass is 16.6. The van der Waals surface area contributed by atoms with Crippen molar-refractivity contribution in [3.05, 3.63) is 58.0 Å². The Labute approximate surface area is 161 Å². The smallest absolute Gasteiger partial charge is 0.329 e. The molecule has 2 heterocycles. The van der Waals surface area contributed by atoms with Gasteiger partial charge in [0, 0.05) is 29.8 Å². The topological polar surface area (TPSA) is 106 Å². The van der Waals surface area contributed by atoms with Crippen molar-refractivity contribution < 1.29 is 18.9 Å². The summed E-state index contributed by atoms with van der Waals surface area (Å²) in [6.07, 6.45) is 6.34. The molecule has 1 aromatic carbocycles.